The summed E-state index contributed by atoms with van der Waals surface area (Å²) in [5.41, 5.74) is 0. The predicted molar refractivity (Wildman–Crippen MR) is 86.4 cm³/mol. The van der Waals surface area contributed by atoms with Gasteiger partial charge in [-0.1, -0.05) is 18.2 Å². The van der Waals surface area contributed by atoms with Gasteiger partial charge in [0.2, 0.25) is 0 Å². The van der Waals surface area contributed by atoms with Gasteiger partial charge >= 0.3 is 0 Å². The summed E-state index contributed by atoms with van der Waals surface area (Å²) in [5.74, 6) is 1.28. The molecule has 0 aliphatic heterocycles. The van der Waals surface area contributed by atoms with Gasteiger partial charge in [-0.3, -0.25) is 4.79 Å². The van der Waals surface area contributed by atoms with Gasteiger partial charge in [-0.25, -0.2) is 0 Å². The number of methoxy groups -OCH3 is 1. The van der Waals surface area contributed by atoms with E-state index in [0.29, 0.717) is 24.1 Å². The molecule has 0 atom stereocenters. The number of carbonyl (C=O) groups is 1. The molecule has 1 fully saturated rings. The largest absolute Gasteiger partial charge is 0.493 e. The second-order valence-electron chi connectivity index (χ2n) is 5.27. The second-order valence-corrected chi connectivity index (χ2v) is 6.30. The van der Waals surface area contributed by atoms with Crippen molar-refractivity contribution in [2.45, 2.75) is 25.4 Å². The number of para-hydroxylation sites is 2. The summed E-state index contributed by atoms with van der Waals surface area (Å²) < 4.78 is 10.9. The first-order chi connectivity index (χ1) is 10.8. The molecule has 22 heavy (non-hydrogen) atoms. The Kier molecular flexibility index (Phi) is 4.63. The van der Waals surface area contributed by atoms with E-state index in [4.69, 9.17) is 9.47 Å². The highest BCUT2D eigenvalue weighted by Crippen LogP contribution is 2.30. The van der Waals surface area contributed by atoms with Gasteiger partial charge in [0, 0.05) is 10.9 Å². The summed E-state index contributed by atoms with van der Waals surface area (Å²) in [5, 5.41) is 2.04. The van der Waals surface area contributed by atoms with Gasteiger partial charge in [-0.05, 0) is 36.4 Å². The highest BCUT2D eigenvalue weighted by atomic mass is 32.1. The number of hydrogen-bond acceptors (Lipinski definition) is 4. The fourth-order valence-corrected chi connectivity index (χ4v) is 3.04. The Balaban J connectivity index is 1.62. The molecule has 1 aromatic carbocycles. The van der Waals surface area contributed by atoms with Crippen LogP contribution < -0.4 is 9.47 Å². The molecule has 1 aromatic heterocycles. The van der Waals surface area contributed by atoms with Crippen LogP contribution in [0.25, 0.3) is 0 Å². The molecule has 0 N–H and O–H groups in total. The van der Waals surface area contributed by atoms with E-state index in [9.17, 15) is 4.79 Å². The Hall–Kier alpha value is -2.01. The van der Waals surface area contributed by atoms with Crippen molar-refractivity contribution in [2.24, 2.45) is 0 Å². The fraction of sp³-hybridized carbons (Fsp3) is 0.353. The zero-order chi connectivity index (χ0) is 15.4. The number of thiophene rings is 1. The SMILES string of the molecule is COc1ccccc1OCC(=O)N(Cc1cccs1)C1CC1. The van der Waals surface area contributed by atoms with Crippen LogP contribution in [0.2, 0.25) is 0 Å². The van der Waals surface area contributed by atoms with Gasteiger partial charge in [0.1, 0.15) is 0 Å². The van der Waals surface area contributed by atoms with Crippen molar-refractivity contribution in [1.29, 1.82) is 0 Å². The van der Waals surface area contributed by atoms with Gasteiger partial charge in [0.05, 0.1) is 13.7 Å². The average Bonchev–Trinajstić information content (AvgIpc) is 3.26. The van der Waals surface area contributed by atoms with Crippen LogP contribution in [0.4, 0.5) is 0 Å². The van der Waals surface area contributed by atoms with Crippen molar-refractivity contribution in [3.63, 3.8) is 0 Å². The lowest BCUT2D eigenvalue weighted by Crippen LogP contribution is -2.36. The molecule has 0 spiro atoms. The Labute approximate surface area is 134 Å². The molecule has 4 nitrogen and oxygen atoms in total. The summed E-state index contributed by atoms with van der Waals surface area (Å²) in [4.78, 5) is 15.6. The quantitative estimate of drug-likeness (QED) is 0.786. The van der Waals surface area contributed by atoms with E-state index >= 15 is 0 Å². The van der Waals surface area contributed by atoms with Gasteiger partial charge in [0.15, 0.2) is 18.1 Å². The first-order valence-corrected chi connectivity index (χ1v) is 8.23. The van der Waals surface area contributed by atoms with Crippen molar-refractivity contribution < 1.29 is 14.3 Å². The van der Waals surface area contributed by atoms with E-state index < -0.39 is 0 Å². The smallest absolute Gasteiger partial charge is 0.261 e. The van der Waals surface area contributed by atoms with E-state index in [-0.39, 0.29) is 12.5 Å². The van der Waals surface area contributed by atoms with Crippen LogP contribution in [-0.2, 0) is 11.3 Å². The summed E-state index contributed by atoms with van der Waals surface area (Å²) in [6, 6.07) is 11.8. The van der Waals surface area contributed by atoms with Crippen LogP contribution in [0.5, 0.6) is 11.5 Å². The Morgan fingerprint density at radius 2 is 2.00 bits per heavy atom. The van der Waals surface area contributed by atoms with Crippen molar-refractivity contribution in [3.05, 3.63) is 46.7 Å². The average molecular weight is 317 g/mol. The second kappa shape index (κ2) is 6.83. The molecule has 0 saturated heterocycles. The van der Waals surface area contributed by atoms with Gasteiger partial charge in [-0.15, -0.1) is 11.3 Å². The lowest BCUT2D eigenvalue weighted by atomic mass is 10.3. The van der Waals surface area contributed by atoms with E-state index in [2.05, 4.69) is 6.07 Å². The highest BCUT2D eigenvalue weighted by Gasteiger charge is 2.32. The molecule has 5 heteroatoms. The number of benzene rings is 1. The van der Waals surface area contributed by atoms with Crippen molar-refractivity contribution in [1.82, 2.24) is 4.90 Å². The predicted octanol–water partition coefficient (Wildman–Crippen LogP) is 3.33. The minimum absolute atomic E-state index is 0.0295. The van der Waals surface area contributed by atoms with E-state index in [1.165, 1.54) is 4.88 Å². The van der Waals surface area contributed by atoms with E-state index in [1.807, 2.05) is 40.6 Å². The third kappa shape index (κ3) is 3.60. The molecule has 0 unspecified atom stereocenters. The molecular formula is C17H19NO3S. The normalized spacial score (nSPS) is 13.7. The molecular weight excluding hydrogens is 298 g/mol. The van der Waals surface area contributed by atoms with Crippen molar-refractivity contribution in [3.8, 4) is 11.5 Å². The van der Waals surface area contributed by atoms with Gasteiger partial charge in [0.25, 0.3) is 5.91 Å². The zero-order valence-electron chi connectivity index (χ0n) is 12.5. The maximum atomic E-state index is 12.5. The van der Waals surface area contributed by atoms with Crippen LogP contribution in [0, 0.1) is 0 Å². The molecule has 0 radical (unpaired) electrons. The third-order valence-corrected chi connectivity index (χ3v) is 4.50. The van der Waals surface area contributed by atoms with E-state index in [1.54, 1.807) is 18.4 Å². The van der Waals surface area contributed by atoms with E-state index in [0.717, 1.165) is 12.8 Å². The van der Waals surface area contributed by atoms with Crippen LogP contribution >= 0.6 is 11.3 Å². The number of hydrogen-bond donors (Lipinski definition) is 0. The molecule has 0 bridgehead atoms. The number of nitrogens with zero attached hydrogens (tertiary/aromatic N) is 1. The molecule has 1 aliphatic rings. The van der Waals surface area contributed by atoms with Gasteiger partial charge < -0.3 is 14.4 Å². The Morgan fingerprint density at radius 3 is 2.64 bits per heavy atom. The summed E-state index contributed by atoms with van der Waals surface area (Å²) in [6.45, 7) is 0.721. The Morgan fingerprint density at radius 1 is 1.23 bits per heavy atom. The van der Waals surface area contributed by atoms with Gasteiger partial charge in [-0.2, -0.15) is 0 Å². The van der Waals surface area contributed by atoms with Crippen molar-refractivity contribution >= 4 is 17.2 Å². The topological polar surface area (TPSA) is 38.8 Å². The minimum Gasteiger partial charge on any atom is -0.493 e. The molecule has 1 saturated carbocycles. The fourth-order valence-electron chi connectivity index (χ4n) is 2.34. The number of amides is 1. The number of carbonyl (C=O) groups excluding carboxylic acids is 1. The van der Waals surface area contributed by atoms with Crippen molar-refractivity contribution in [2.75, 3.05) is 13.7 Å². The molecule has 1 amide bonds. The summed E-state index contributed by atoms with van der Waals surface area (Å²) >= 11 is 1.68. The minimum atomic E-state index is 0.0295. The van der Waals surface area contributed by atoms with Crippen LogP contribution in [-0.4, -0.2) is 30.6 Å². The first kappa shape index (κ1) is 14.9. The highest BCUT2D eigenvalue weighted by molar-refractivity contribution is 7.09. The molecule has 3 rings (SSSR count). The number of rotatable bonds is 7. The number of ether oxygens (including phenoxy) is 2. The maximum absolute atomic E-state index is 12.5. The molecule has 2 aromatic rings. The monoisotopic (exact) mass is 317 g/mol. The molecule has 116 valence electrons. The maximum Gasteiger partial charge on any atom is 0.261 e. The Bertz CT molecular complexity index is 623. The van der Waals surface area contributed by atoms with Crippen LogP contribution in [0.15, 0.2) is 41.8 Å². The van der Waals surface area contributed by atoms with Crippen LogP contribution in [0.1, 0.15) is 17.7 Å². The molecule has 1 aliphatic carbocycles. The molecule has 1 heterocycles. The zero-order valence-corrected chi connectivity index (χ0v) is 13.3. The first-order valence-electron chi connectivity index (χ1n) is 7.35. The third-order valence-electron chi connectivity index (χ3n) is 3.63. The van der Waals surface area contributed by atoms with Crippen LogP contribution in [0.3, 0.4) is 0 Å². The lowest BCUT2D eigenvalue weighted by Gasteiger charge is -2.22. The lowest BCUT2D eigenvalue weighted by molar-refractivity contribution is -0.134. The summed E-state index contributed by atoms with van der Waals surface area (Å²) in [6.07, 6.45) is 2.18. The standard InChI is InChI=1S/C17H19NO3S/c1-20-15-6-2-3-7-16(15)21-12-17(19)18(13-8-9-13)11-14-5-4-10-22-14/h2-7,10,13H,8-9,11-12H2,1H3. The summed E-state index contributed by atoms with van der Waals surface area (Å²) in [7, 11) is 1.59.